The van der Waals surface area contributed by atoms with Gasteiger partial charge in [-0.25, -0.2) is 0 Å². The second-order valence-electron chi connectivity index (χ2n) is 3.04. The Bertz CT molecular complexity index is 206. The molecule has 0 fully saturated rings. The summed E-state index contributed by atoms with van der Waals surface area (Å²) in [5.74, 6) is 0.219. The Balaban J connectivity index is 2.81. The van der Waals surface area contributed by atoms with Crippen molar-refractivity contribution in [3.63, 3.8) is 0 Å². The van der Waals surface area contributed by atoms with E-state index in [0.717, 1.165) is 25.1 Å². The molecule has 2 nitrogen and oxygen atoms in total. The van der Waals surface area contributed by atoms with Crippen molar-refractivity contribution >= 4 is 5.91 Å². The Morgan fingerprint density at radius 3 is 2.64 bits per heavy atom. The zero-order chi connectivity index (χ0) is 8.43. The Hall–Kier alpha value is -0.790. The van der Waals surface area contributed by atoms with Gasteiger partial charge in [0.2, 0.25) is 5.91 Å². The molecule has 0 spiro atoms. The fourth-order valence-corrected chi connectivity index (χ4v) is 1.31. The van der Waals surface area contributed by atoms with Crippen LogP contribution in [0.1, 0.15) is 27.2 Å². The Morgan fingerprint density at radius 2 is 2.09 bits per heavy atom. The summed E-state index contributed by atoms with van der Waals surface area (Å²) in [6.07, 6.45) is 1.05. The Kier molecular flexibility index (Phi) is 2.32. The second kappa shape index (κ2) is 3.07. The molecule has 0 saturated heterocycles. The van der Waals surface area contributed by atoms with Crippen LogP contribution in [-0.2, 0) is 4.79 Å². The lowest BCUT2D eigenvalue weighted by atomic mass is 10.0. The number of hydrogen-bond acceptors (Lipinski definition) is 1. The van der Waals surface area contributed by atoms with Crippen LogP contribution in [0.3, 0.4) is 0 Å². The lowest BCUT2D eigenvalue weighted by Gasteiger charge is -2.26. The largest absolute Gasteiger partial charge is 0.339 e. The van der Waals surface area contributed by atoms with Crippen molar-refractivity contribution in [3.05, 3.63) is 11.1 Å². The van der Waals surface area contributed by atoms with E-state index in [9.17, 15) is 4.79 Å². The summed E-state index contributed by atoms with van der Waals surface area (Å²) >= 11 is 0. The smallest absolute Gasteiger partial charge is 0.249 e. The molecular weight excluding hydrogens is 138 g/mol. The van der Waals surface area contributed by atoms with E-state index in [0.29, 0.717) is 0 Å². The number of carbonyl (C=O) groups excluding carboxylic acids is 1. The normalized spacial score (nSPS) is 19.5. The fourth-order valence-electron chi connectivity index (χ4n) is 1.31. The van der Waals surface area contributed by atoms with Crippen LogP contribution in [0.2, 0.25) is 0 Å². The van der Waals surface area contributed by atoms with Crippen molar-refractivity contribution in [1.82, 2.24) is 4.90 Å². The minimum Gasteiger partial charge on any atom is -0.339 e. The van der Waals surface area contributed by atoms with Gasteiger partial charge in [0.25, 0.3) is 0 Å². The van der Waals surface area contributed by atoms with Crippen LogP contribution < -0.4 is 0 Å². The lowest BCUT2D eigenvalue weighted by molar-refractivity contribution is -0.127. The first kappa shape index (κ1) is 8.31. The third kappa shape index (κ3) is 1.44. The first-order valence-electron chi connectivity index (χ1n) is 4.12. The van der Waals surface area contributed by atoms with Gasteiger partial charge in [-0.15, -0.1) is 0 Å². The van der Waals surface area contributed by atoms with Crippen molar-refractivity contribution in [2.45, 2.75) is 27.2 Å². The molecular formula is C9H15NO. The van der Waals surface area contributed by atoms with Gasteiger partial charge in [-0.1, -0.05) is 5.57 Å². The van der Waals surface area contributed by atoms with Gasteiger partial charge in [0, 0.05) is 18.7 Å². The molecule has 0 aromatic carbocycles. The van der Waals surface area contributed by atoms with Gasteiger partial charge in [0.1, 0.15) is 0 Å². The number of hydrogen-bond donors (Lipinski definition) is 0. The van der Waals surface area contributed by atoms with Crippen LogP contribution in [-0.4, -0.2) is 23.9 Å². The van der Waals surface area contributed by atoms with E-state index in [-0.39, 0.29) is 5.91 Å². The summed E-state index contributed by atoms with van der Waals surface area (Å²) in [7, 11) is 0. The van der Waals surface area contributed by atoms with E-state index in [1.807, 2.05) is 25.7 Å². The monoisotopic (exact) mass is 153 g/mol. The Labute approximate surface area is 67.9 Å². The molecule has 62 valence electrons. The van der Waals surface area contributed by atoms with E-state index in [2.05, 4.69) is 0 Å². The van der Waals surface area contributed by atoms with Crippen molar-refractivity contribution in [2.75, 3.05) is 13.1 Å². The number of likely N-dealkylation sites (N-methyl/N-ethyl adjacent to an activating group) is 1. The van der Waals surface area contributed by atoms with Crippen LogP contribution in [0, 0.1) is 0 Å². The third-order valence-electron chi connectivity index (χ3n) is 2.39. The average molecular weight is 153 g/mol. The topological polar surface area (TPSA) is 20.3 Å². The standard InChI is InChI=1S/C9H15NO/c1-4-10-6-5-7(2)8(3)9(10)11/h4-6H2,1-3H3. The molecule has 11 heavy (non-hydrogen) atoms. The third-order valence-corrected chi connectivity index (χ3v) is 2.39. The first-order valence-corrected chi connectivity index (χ1v) is 4.12. The summed E-state index contributed by atoms with van der Waals surface area (Å²) < 4.78 is 0. The molecule has 0 radical (unpaired) electrons. The van der Waals surface area contributed by atoms with Crippen LogP contribution >= 0.6 is 0 Å². The molecule has 1 amide bonds. The predicted octanol–water partition coefficient (Wildman–Crippen LogP) is 1.57. The zero-order valence-corrected chi connectivity index (χ0v) is 7.48. The van der Waals surface area contributed by atoms with Gasteiger partial charge in [-0.05, 0) is 27.2 Å². The molecule has 0 aromatic rings. The molecule has 0 bridgehead atoms. The van der Waals surface area contributed by atoms with E-state index in [4.69, 9.17) is 0 Å². The summed E-state index contributed by atoms with van der Waals surface area (Å²) in [6, 6.07) is 0. The summed E-state index contributed by atoms with van der Waals surface area (Å²) in [5, 5.41) is 0. The van der Waals surface area contributed by atoms with Gasteiger partial charge in [-0.2, -0.15) is 0 Å². The van der Waals surface area contributed by atoms with Crippen molar-refractivity contribution in [3.8, 4) is 0 Å². The molecule has 0 saturated carbocycles. The molecule has 1 rings (SSSR count). The molecule has 1 heterocycles. The van der Waals surface area contributed by atoms with E-state index in [1.165, 1.54) is 5.57 Å². The highest BCUT2D eigenvalue weighted by atomic mass is 16.2. The van der Waals surface area contributed by atoms with Gasteiger partial charge in [0.05, 0.1) is 0 Å². The molecule has 0 aromatic heterocycles. The minimum atomic E-state index is 0.219. The number of amides is 1. The maximum atomic E-state index is 11.4. The van der Waals surface area contributed by atoms with Gasteiger partial charge in [-0.3, -0.25) is 4.79 Å². The van der Waals surface area contributed by atoms with Crippen molar-refractivity contribution in [2.24, 2.45) is 0 Å². The highest BCUT2D eigenvalue weighted by Crippen LogP contribution is 2.17. The summed E-state index contributed by atoms with van der Waals surface area (Å²) in [5.41, 5.74) is 2.19. The maximum Gasteiger partial charge on any atom is 0.249 e. The van der Waals surface area contributed by atoms with Crippen LogP contribution in [0.15, 0.2) is 11.1 Å². The fraction of sp³-hybridized carbons (Fsp3) is 0.667. The number of nitrogens with zero attached hydrogens (tertiary/aromatic N) is 1. The average Bonchev–Trinajstić information content (AvgIpc) is 2.01. The van der Waals surface area contributed by atoms with Gasteiger partial charge in [0.15, 0.2) is 0 Å². The van der Waals surface area contributed by atoms with Crippen molar-refractivity contribution in [1.29, 1.82) is 0 Å². The van der Waals surface area contributed by atoms with Crippen LogP contribution in [0.5, 0.6) is 0 Å². The lowest BCUT2D eigenvalue weighted by Crippen LogP contribution is -2.36. The summed E-state index contributed by atoms with van der Waals surface area (Å²) in [4.78, 5) is 13.3. The number of carbonyl (C=O) groups is 1. The molecule has 1 aliphatic rings. The summed E-state index contributed by atoms with van der Waals surface area (Å²) in [6.45, 7) is 7.72. The predicted molar refractivity (Wildman–Crippen MR) is 45.2 cm³/mol. The first-order chi connectivity index (χ1) is 5.16. The highest BCUT2D eigenvalue weighted by molar-refractivity contribution is 5.94. The van der Waals surface area contributed by atoms with Crippen LogP contribution in [0.25, 0.3) is 0 Å². The quantitative estimate of drug-likeness (QED) is 0.560. The number of rotatable bonds is 1. The minimum absolute atomic E-state index is 0.219. The van der Waals surface area contributed by atoms with Crippen LogP contribution in [0.4, 0.5) is 0 Å². The molecule has 0 atom stereocenters. The molecule has 0 aliphatic carbocycles. The highest BCUT2D eigenvalue weighted by Gasteiger charge is 2.19. The van der Waals surface area contributed by atoms with E-state index >= 15 is 0 Å². The maximum absolute atomic E-state index is 11.4. The SMILES string of the molecule is CCN1CCC(C)=C(C)C1=O. The van der Waals surface area contributed by atoms with E-state index < -0.39 is 0 Å². The molecule has 0 unspecified atom stereocenters. The molecule has 0 N–H and O–H groups in total. The second-order valence-corrected chi connectivity index (χ2v) is 3.04. The Morgan fingerprint density at radius 1 is 1.45 bits per heavy atom. The van der Waals surface area contributed by atoms with Gasteiger partial charge < -0.3 is 4.90 Å². The van der Waals surface area contributed by atoms with Crippen molar-refractivity contribution < 1.29 is 4.79 Å². The molecule has 2 heteroatoms. The van der Waals surface area contributed by atoms with E-state index in [1.54, 1.807) is 0 Å². The van der Waals surface area contributed by atoms with Gasteiger partial charge >= 0.3 is 0 Å². The zero-order valence-electron chi connectivity index (χ0n) is 7.48. The molecule has 1 aliphatic heterocycles.